The molecule has 0 bridgehead atoms. The van der Waals surface area contributed by atoms with E-state index in [9.17, 15) is 13.2 Å². The lowest BCUT2D eigenvalue weighted by Crippen LogP contribution is -2.35. The molecule has 0 saturated carbocycles. The van der Waals surface area contributed by atoms with Gasteiger partial charge in [0.2, 0.25) is 15.9 Å². The number of halogens is 1. The normalized spacial score (nSPS) is 15.5. The smallest absolute Gasteiger partial charge is 0.243 e. The quantitative estimate of drug-likeness (QED) is 0.757. The van der Waals surface area contributed by atoms with Crippen LogP contribution in [0.2, 0.25) is 0 Å². The summed E-state index contributed by atoms with van der Waals surface area (Å²) in [7, 11) is -1.63. The van der Waals surface area contributed by atoms with Crippen molar-refractivity contribution in [1.29, 1.82) is 0 Å². The van der Waals surface area contributed by atoms with Gasteiger partial charge in [0.1, 0.15) is 0 Å². The first-order chi connectivity index (χ1) is 11.0. The number of carbonyl (C=O) groups is 1. The van der Waals surface area contributed by atoms with Crippen LogP contribution in [0.5, 0.6) is 0 Å². The topological polar surface area (TPSA) is 78.5 Å². The summed E-state index contributed by atoms with van der Waals surface area (Å²) in [6.07, 6.45) is 3.33. The predicted molar refractivity (Wildman–Crippen MR) is 96.7 cm³/mol. The Morgan fingerprint density at radius 3 is 2.58 bits per heavy atom. The fourth-order valence-corrected chi connectivity index (χ4v) is 4.19. The van der Waals surface area contributed by atoms with Gasteiger partial charge in [-0.05, 0) is 37.6 Å². The molecule has 1 aromatic rings. The number of hydrogen-bond donors (Lipinski definition) is 2. The lowest BCUT2D eigenvalue weighted by molar-refractivity contribution is -0.121. The highest BCUT2D eigenvalue weighted by Gasteiger charge is 2.25. The fourth-order valence-electron chi connectivity index (χ4n) is 2.60. The van der Waals surface area contributed by atoms with Crippen molar-refractivity contribution in [2.75, 3.05) is 26.7 Å². The molecule has 0 aliphatic carbocycles. The average molecular weight is 376 g/mol. The van der Waals surface area contributed by atoms with Crippen molar-refractivity contribution in [2.24, 2.45) is 0 Å². The maximum Gasteiger partial charge on any atom is 0.243 e. The predicted octanol–water partition coefficient (Wildman–Crippen LogP) is 1.51. The van der Waals surface area contributed by atoms with Crippen LogP contribution in [0, 0.1) is 0 Å². The highest BCUT2D eigenvalue weighted by atomic mass is 35.5. The van der Waals surface area contributed by atoms with Gasteiger partial charge >= 0.3 is 0 Å². The first-order valence-electron chi connectivity index (χ1n) is 8.04. The lowest BCUT2D eigenvalue weighted by Gasteiger charge is -2.26. The monoisotopic (exact) mass is 375 g/mol. The fraction of sp³-hybridized carbons (Fsp3) is 0.562. The number of nitrogens with one attached hydrogen (secondary N) is 2. The number of rotatable bonds is 7. The number of nitrogens with zero attached hydrogens (tertiary/aromatic N) is 1. The molecule has 24 heavy (non-hydrogen) atoms. The summed E-state index contributed by atoms with van der Waals surface area (Å²) in [5, 5.41) is 5.72. The Hall–Kier alpha value is -1.15. The van der Waals surface area contributed by atoms with Crippen LogP contribution in [-0.4, -0.2) is 45.3 Å². The van der Waals surface area contributed by atoms with Crippen LogP contribution in [0.15, 0.2) is 29.2 Å². The Bertz CT molecular complexity index is 631. The molecular formula is C16H26ClN3O3S. The summed E-state index contributed by atoms with van der Waals surface area (Å²) in [5.41, 5.74) is 0.792. The first kappa shape index (κ1) is 20.9. The van der Waals surface area contributed by atoms with Crippen LogP contribution < -0.4 is 10.6 Å². The van der Waals surface area contributed by atoms with Crippen molar-refractivity contribution in [1.82, 2.24) is 14.9 Å². The molecule has 2 rings (SSSR count). The zero-order valence-corrected chi connectivity index (χ0v) is 15.6. The van der Waals surface area contributed by atoms with Gasteiger partial charge in [0.05, 0.1) is 4.90 Å². The molecular weight excluding hydrogens is 350 g/mol. The molecule has 0 radical (unpaired) electrons. The third kappa shape index (κ3) is 5.73. The molecule has 8 heteroatoms. The minimum atomic E-state index is -3.43. The van der Waals surface area contributed by atoms with E-state index in [1.165, 1.54) is 0 Å². The second-order valence-electron chi connectivity index (χ2n) is 5.74. The van der Waals surface area contributed by atoms with E-state index in [4.69, 9.17) is 0 Å². The van der Waals surface area contributed by atoms with Crippen molar-refractivity contribution < 1.29 is 13.2 Å². The van der Waals surface area contributed by atoms with Gasteiger partial charge in [0.15, 0.2) is 0 Å². The zero-order valence-electron chi connectivity index (χ0n) is 14.0. The van der Waals surface area contributed by atoms with E-state index in [0.29, 0.717) is 37.5 Å². The number of sulfonamides is 1. The number of benzene rings is 1. The van der Waals surface area contributed by atoms with E-state index >= 15 is 0 Å². The van der Waals surface area contributed by atoms with Gasteiger partial charge in [-0.25, -0.2) is 8.42 Å². The molecule has 0 atom stereocenters. The number of piperidine rings is 1. The van der Waals surface area contributed by atoms with E-state index < -0.39 is 10.0 Å². The Morgan fingerprint density at radius 2 is 1.92 bits per heavy atom. The van der Waals surface area contributed by atoms with Gasteiger partial charge in [-0.1, -0.05) is 18.6 Å². The van der Waals surface area contributed by atoms with E-state index in [2.05, 4.69) is 10.6 Å². The highest BCUT2D eigenvalue weighted by Crippen LogP contribution is 2.21. The second kappa shape index (κ2) is 9.98. The number of hydrogen-bond acceptors (Lipinski definition) is 4. The SMILES string of the molecule is CNCCC(=O)NCc1cccc(S(=O)(=O)N2CCCCC2)c1.Cl. The summed E-state index contributed by atoms with van der Waals surface area (Å²) >= 11 is 0. The Morgan fingerprint density at radius 1 is 1.21 bits per heavy atom. The molecule has 1 fully saturated rings. The summed E-state index contributed by atoms with van der Waals surface area (Å²) in [6, 6.07) is 6.83. The molecule has 2 N–H and O–H groups in total. The lowest BCUT2D eigenvalue weighted by atomic mass is 10.2. The first-order valence-corrected chi connectivity index (χ1v) is 9.48. The maximum absolute atomic E-state index is 12.6. The maximum atomic E-state index is 12.6. The van der Waals surface area contributed by atoms with E-state index in [1.54, 1.807) is 29.6 Å². The van der Waals surface area contributed by atoms with Crippen molar-refractivity contribution in [2.45, 2.75) is 37.1 Å². The third-order valence-electron chi connectivity index (χ3n) is 3.94. The summed E-state index contributed by atoms with van der Waals surface area (Å²) in [5.74, 6) is -0.0522. The summed E-state index contributed by atoms with van der Waals surface area (Å²) < 4.78 is 26.9. The molecule has 1 aliphatic heterocycles. The number of amides is 1. The molecule has 1 heterocycles. The van der Waals surface area contributed by atoms with Crippen molar-refractivity contribution in [3.63, 3.8) is 0 Å². The molecule has 1 saturated heterocycles. The second-order valence-corrected chi connectivity index (χ2v) is 7.68. The number of carbonyl (C=O) groups excluding carboxylic acids is 1. The van der Waals surface area contributed by atoms with Crippen molar-refractivity contribution >= 4 is 28.3 Å². The molecule has 6 nitrogen and oxygen atoms in total. The van der Waals surface area contributed by atoms with Crippen molar-refractivity contribution in [3.8, 4) is 0 Å². The minimum Gasteiger partial charge on any atom is -0.352 e. The summed E-state index contributed by atoms with van der Waals surface area (Å²) in [4.78, 5) is 11.9. The van der Waals surface area contributed by atoms with Crippen LogP contribution in [0.25, 0.3) is 0 Å². The Labute approximate surface area is 150 Å². The van der Waals surface area contributed by atoms with Gasteiger partial charge in [-0.3, -0.25) is 4.79 Å². The van der Waals surface area contributed by atoms with Crippen LogP contribution >= 0.6 is 12.4 Å². The standard InChI is InChI=1S/C16H25N3O3S.ClH/c1-17-9-8-16(20)18-13-14-6-5-7-15(12-14)23(21,22)19-10-3-2-4-11-19;/h5-7,12,17H,2-4,8-11,13H2,1H3,(H,18,20);1H. The van der Waals surface area contributed by atoms with Gasteiger partial charge in [0.25, 0.3) is 0 Å². The highest BCUT2D eigenvalue weighted by molar-refractivity contribution is 7.89. The van der Waals surface area contributed by atoms with E-state index in [-0.39, 0.29) is 18.3 Å². The van der Waals surface area contributed by atoms with Crippen LogP contribution in [0.3, 0.4) is 0 Å². The van der Waals surface area contributed by atoms with Gasteiger partial charge in [-0.15, -0.1) is 12.4 Å². The minimum absolute atomic E-state index is 0. The molecule has 1 aliphatic rings. The molecule has 0 aromatic heterocycles. The molecule has 0 spiro atoms. The summed E-state index contributed by atoms with van der Waals surface area (Å²) in [6.45, 7) is 2.14. The third-order valence-corrected chi connectivity index (χ3v) is 5.84. The van der Waals surface area contributed by atoms with Crippen LogP contribution in [0.4, 0.5) is 0 Å². The van der Waals surface area contributed by atoms with Gasteiger partial charge in [-0.2, -0.15) is 4.31 Å². The van der Waals surface area contributed by atoms with E-state index in [1.807, 2.05) is 6.07 Å². The Balaban J connectivity index is 0.00000288. The van der Waals surface area contributed by atoms with Crippen molar-refractivity contribution in [3.05, 3.63) is 29.8 Å². The van der Waals surface area contributed by atoms with Crippen LogP contribution in [-0.2, 0) is 21.4 Å². The molecule has 0 unspecified atom stereocenters. The van der Waals surface area contributed by atoms with Gasteiger partial charge < -0.3 is 10.6 Å². The average Bonchev–Trinajstić information content (AvgIpc) is 2.59. The molecule has 136 valence electrons. The van der Waals surface area contributed by atoms with Gasteiger partial charge in [0, 0.05) is 32.6 Å². The van der Waals surface area contributed by atoms with Crippen LogP contribution in [0.1, 0.15) is 31.2 Å². The molecule has 1 aromatic carbocycles. The largest absolute Gasteiger partial charge is 0.352 e. The van der Waals surface area contributed by atoms with E-state index in [0.717, 1.165) is 24.8 Å². The zero-order chi connectivity index (χ0) is 16.7. The Kier molecular flexibility index (Phi) is 8.69. The molecule has 1 amide bonds.